The summed E-state index contributed by atoms with van der Waals surface area (Å²) in [5.41, 5.74) is 4.62. The molecule has 0 saturated carbocycles. The zero-order valence-electron chi connectivity index (χ0n) is 28.6. The van der Waals surface area contributed by atoms with E-state index in [4.69, 9.17) is 4.74 Å². The van der Waals surface area contributed by atoms with Gasteiger partial charge in [0.2, 0.25) is 0 Å². The lowest BCUT2D eigenvalue weighted by molar-refractivity contribution is 0.0735. The molecule has 0 unspecified atom stereocenters. The van der Waals surface area contributed by atoms with Crippen molar-refractivity contribution in [3.05, 3.63) is 100 Å². The number of carbonyl (C=O) groups excluding carboxylic acids is 1. The predicted octanol–water partition coefficient (Wildman–Crippen LogP) is 9.11. The van der Waals surface area contributed by atoms with Crippen LogP contribution in [0.4, 0.5) is 8.78 Å². The molecule has 0 N–H and O–H groups in total. The van der Waals surface area contributed by atoms with E-state index in [9.17, 15) is 13.6 Å². The van der Waals surface area contributed by atoms with Crippen molar-refractivity contribution < 1.29 is 18.3 Å². The highest BCUT2D eigenvalue weighted by atomic mass is 19.1. The fraction of sp³-hybridized carbons (Fsp3) is 0.513. The molecular formula is C39H52F2N2O2. The Morgan fingerprint density at radius 3 is 1.84 bits per heavy atom. The standard InChI is InChI=1S/C39H52F2N2O2/c1-38(2,3)34-24-29(25-35(36(34)45-8)39(4,5)6)37(44)42(7)32-21-23-43(26-32)22-11-9-10-12-33(27-13-17-30(40)18-14-27)28-15-19-31(41)20-16-28/h13-20,24-25,32-33H,9-12,21-23,26H2,1-8H3/t32-/m1/s1. The molecule has 0 spiro atoms. The summed E-state index contributed by atoms with van der Waals surface area (Å²) >= 11 is 0. The highest BCUT2D eigenvalue weighted by Crippen LogP contribution is 2.41. The Morgan fingerprint density at radius 1 is 0.867 bits per heavy atom. The third-order valence-corrected chi connectivity index (χ3v) is 9.28. The molecule has 4 rings (SSSR count). The number of carbonyl (C=O) groups is 1. The van der Waals surface area contributed by atoms with Crippen molar-refractivity contribution in [2.24, 2.45) is 0 Å². The van der Waals surface area contributed by atoms with Crippen molar-refractivity contribution in [1.82, 2.24) is 9.80 Å². The number of hydrogen-bond acceptors (Lipinski definition) is 3. The lowest BCUT2D eigenvalue weighted by atomic mass is 9.78. The number of hydrogen-bond donors (Lipinski definition) is 0. The van der Waals surface area contributed by atoms with Crippen molar-refractivity contribution in [3.63, 3.8) is 0 Å². The summed E-state index contributed by atoms with van der Waals surface area (Å²) in [6, 6.07) is 17.6. The summed E-state index contributed by atoms with van der Waals surface area (Å²) in [7, 11) is 3.66. The van der Waals surface area contributed by atoms with Crippen LogP contribution in [0.15, 0.2) is 60.7 Å². The van der Waals surface area contributed by atoms with Crippen molar-refractivity contribution in [1.29, 1.82) is 0 Å². The molecule has 1 saturated heterocycles. The number of nitrogens with zero attached hydrogens (tertiary/aromatic N) is 2. The van der Waals surface area contributed by atoms with Crippen molar-refractivity contribution in [2.45, 2.75) is 96.4 Å². The molecule has 1 aliphatic rings. The second-order valence-electron chi connectivity index (χ2n) is 14.8. The van der Waals surface area contributed by atoms with Crippen LogP contribution in [0.2, 0.25) is 0 Å². The summed E-state index contributed by atoms with van der Waals surface area (Å²) in [5, 5.41) is 0. The maximum Gasteiger partial charge on any atom is 0.253 e. The Morgan fingerprint density at radius 2 is 1.38 bits per heavy atom. The maximum atomic E-state index is 13.9. The number of ether oxygens (including phenoxy) is 1. The Kier molecular flexibility index (Phi) is 11.1. The number of likely N-dealkylation sites (tertiary alicyclic amines) is 1. The van der Waals surface area contributed by atoms with Gasteiger partial charge in [-0.15, -0.1) is 0 Å². The van der Waals surface area contributed by atoms with Gasteiger partial charge in [0.1, 0.15) is 17.4 Å². The fourth-order valence-electron chi connectivity index (χ4n) is 6.56. The minimum atomic E-state index is -0.249. The summed E-state index contributed by atoms with van der Waals surface area (Å²) in [6.07, 6.45) is 5.07. The molecule has 6 heteroatoms. The first-order chi connectivity index (χ1) is 21.2. The highest BCUT2D eigenvalue weighted by molar-refractivity contribution is 5.95. The summed E-state index contributed by atoms with van der Waals surface area (Å²) in [6.45, 7) is 15.8. The minimum absolute atomic E-state index is 0.0631. The monoisotopic (exact) mass is 618 g/mol. The van der Waals surface area contributed by atoms with Crippen LogP contribution in [0.25, 0.3) is 0 Å². The molecule has 0 bridgehead atoms. The van der Waals surface area contributed by atoms with Gasteiger partial charge in [0, 0.05) is 48.8 Å². The second kappa shape index (κ2) is 14.5. The first-order valence-corrected chi connectivity index (χ1v) is 16.4. The van der Waals surface area contributed by atoms with Gasteiger partial charge in [-0.25, -0.2) is 8.78 Å². The number of methoxy groups -OCH3 is 1. The quantitative estimate of drug-likeness (QED) is 0.201. The molecule has 3 aromatic carbocycles. The number of likely N-dealkylation sites (N-methyl/N-ethyl adjacent to an activating group) is 1. The third kappa shape index (κ3) is 8.72. The lowest BCUT2D eigenvalue weighted by Crippen LogP contribution is -2.39. The van der Waals surface area contributed by atoms with Crippen molar-refractivity contribution >= 4 is 5.91 Å². The van der Waals surface area contributed by atoms with Gasteiger partial charge in [0.15, 0.2) is 0 Å². The van der Waals surface area contributed by atoms with E-state index >= 15 is 0 Å². The van der Waals surface area contributed by atoms with E-state index in [0.29, 0.717) is 0 Å². The van der Waals surface area contributed by atoms with Crippen LogP contribution in [-0.2, 0) is 10.8 Å². The van der Waals surface area contributed by atoms with Crippen LogP contribution in [0.3, 0.4) is 0 Å². The number of unbranched alkanes of at least 4 members (excludes halogenated alkanes) is 2. The molecule has 45 heavy (non-hydrogen) atoms. The molecule has 0 aromatic heterocycles. The second-order valence-corrected chi connectivity index (χ2v) is 14.8. The van der Waals surface area contributed by atoms with Gasteiger partial charge in [-0.1, -0.05) is 78.6 Å². The molecule has 0 radical (unpaired) electrons. The van der Waals surface area contributed by atoms with Gasteiger partial charge >= 0.3 is 0 Å². The Balaban J connectivity index is 1.33. The number of benzene rings is 3. The molecule has 1 heterocycles. The van der Waals surface area contributed by atoms with E-state index in [-0.39, 0.29) is 40.3 Å². The van der Waals surface area contributed by atoms with Crippen LogP contribution in [0.1, 0.15) is 112 Å². The molecule has 3 aromatic rings. The van der Waals surface area contributed by atoms with Crippen LogP contribution < -0.4 is 4.74 Å². The maximum absolute atomic E-state index is 13.9. The molecule has 244 valence electrons. The number of rotatable bonds is 11. The van der Waals surface area contributed by atoms with E-state index in [1.807, 2.05) is 48.3 Å². The van der Waals surface area contributed by atoms with Crippen LogP contribution in [0.5, 0.6) is 5.75 Å². The smallest absolute Gasteiger partial charge is 0.253 e. The van der Waals surface area contributed by atoms with E-state index in [1.165, 1.54) is 24.3 Å². The Hall–Kier alpha value is -3.25. The van der Waals surface area contributed by atoms with Gasteiger partial charge < -0.3 is 14.5 Å². The largest absolute Gasteiger partial charge is 0.496 e. The van der Waals surface area contributed by atoms with Crippen LogP contribution in [0, 0.1) is 11.6 Å². The third-order valence-electron chi connectivity index (χ3n) is 9.28. The average Bonchev–Trinajstić information content (AvgIpc) is 3.47. The van der Waals surface area contributed by atoms with E-state index in [0.717, 1.165) is 85.3 Å². The normalized spacial score (nSPS) is 15.9. The zero-order valence-corrected chi connectivity index (χ0v) is 28.6. The lowest BCUT2D eigenvalue weighted by Gasteiger charge is -2.31. The molecule has 1 aliphatic heterocycles. The van der Waals surface area contributed by atoms with E-state index in [1.54, 1.807) is 7.11 Å². The molecule has 0 aliphatic carbocycles. The topological polar surface area (TPSA) is 32.8 Å². The van der Waals surface area contributed by atoms with Crippen LogP contribution in [-0.4, -0.2) is 55.5 Å². The molecule has 1 fully saturated rings. The molecule has 4 nitrogen and oxygen atoms in total. The van der Waals surface area contributed by atoms with Gasteiger partial charge in [0.25, 0.3) is 5.91 Å². The average molecular weight is 619 g/mol. The van der Waals surface area contributed by atoms with Crippen LogP contribution >= 0.6 is 0 Å². The van der Waals surface area contributed by atoms with Gasteiger partial charge in [-0.05, 0) is 84.2 Å². The van der Waals surface area contributed by atoms with Crippen molar-refractivity contribution in [3.8, 4) is 5.75 Å². The SMILES string of the molecule is COc1c(C(C)(C)C)cc(C(=O)N(C)[C@@H]2CCN(CCCCCC(c3ccc(F)cc3)c3ccc(F)cc3)C2)cc1C(C)(C)C. The van der Waals surface area contributed by atoms with Gasteiger partial charge in [-0.3, -0.25) is 4.79 Å². The fourth-order valence-corrected chi connectivity index (χ4v) is 6.56. The molecule has 1 atom stereocenters. The highest BCUT2D eigenvalue weighted by Gasteiger charge is 2.32. The summed E-state index contributed by atoms with van der Waals surface area (Å²) < 4.78 is 33.1. The van der Waals surface area contributed by atoms with E-state index < -0.39 is 0 Å². The van der Waals surface area contributed by atoms with Crippen molar-refractivity contribution in [2.75, 3.05) is 33.8 Å². The molecular weight excluding hydrogens is 566 g/mol. The Bertz CT molecular complexity index is 1340. The van der Waals surface area contributed by atoms with E-state index in [2.05, 4.69) is 46.4 Å². The number of halogens is 2. The summed E-state index contributed by atoms with van der Waals surface area (Å²) in [4.78, 5) is 18.3. The number of amides is 1. The first-order valence-electron chi connectivity index (χ1n) is 16.4. The predicted molar refractivity (Wildman–Crippen MR) is 180 cm³/mol. The first kappa shape index (κ1) is 34.6. The minimum Gasteiger partial charge on any atom is -0.496 e. The van der Waals surface area contributed by atoms with Gasteiger partial charge in [-0.2, -0.15) is 0 Å². The Labute approximate surface area is 269 Å². The van der Waals surface area contributed by atoms with Gasteiger partial charge in [0.05, 0.1) is 7.11 Å². The zero-order chi connectivity index (χ0) is 32.9. The molecule has 1 amide bonds. The summed E-state index contributed by atoms with van der Waals surface area (Å²) in [5.74, 6) is 0.552.